The molecule has 1 aromatic carbocycles. The zero-order valence-corrected chi connectivity index (χ0v) is 21.3. The number of hydrogen-bond acceptors (Lipinski definition) is 6. The summed E-state index contributed by atoms with van der Waals surface area (Å²) in [7, 11) is 0. The van der Waals surface area contributed by atoms with E-state index in [1.54, 1.807) is 61.1 Å². The molecule has 0 atom stereocenters. The van der Waals surface area contributed by atoms with Crippen LogP contribution in [-0.4, -0.2) is 24.6 Å². The molecule has 0 fully saturated rings. The van der Waals surface area contributed by atoms with E-state index in [2.05, 4.69) is 30.9 Å². The quantitative estimate of drug-likeness (QED) is 0.371. The Hall–Kier alpha value is -3.43. The van der Waals surface area contributed by atoms with Gasteiger partial charge in [0.15, 0.2) is 5.82 Å². The topological polar surface area (TPSA) is 90.1 Å². The van der Waals surface area contributed by atoms with E-state index in [1.165, 1.54) is 12.1 Å². The SMILES string of the molecule is Cc1c(OCc2ccc(F)cc2)c(Br)c(=O)n(-c2ccnc(-c3ccnc(C(C)(C)O)n3)c2)c1C. The van der Waals surface area contributed by atoms with Crippen molar-refractivity contribution in [2.75, 3.05) is 0 Å². The molecule has 9 heteroatoms. The van der Waals surface area contributed by atoms with Gasteiger partial charge in [0.25, 0.3) is 5.56 Å². The largest absolute Gasteiger partial charge is 0.487 e. The van der Waals surface area contributed by atoms with Crippen LogP contribution < -0.4 is 10.3 Å². The monoisotopic (exact) mass is 538 g/mol. The van der Waals surface area contributed by atoms with Gasteiger partial charge in [-0.05, 0) is 79.5 Å². The predicted molar refractivity (Wildman–Crippen MR) is 134 cm³/mol. The first-order valence-corrected chi connectivity index (χ1v) is 11.7. The van der Waals surface area contributed by atoms with Crippen molar-refractivity contribution in [1.29, 1.82) is 0 Å². The van der Waals surface area contributed by atoms with Crippen LogP contribution in [0.1, 0.15) is 36.5 Å². The minimum atomic E-state index is -1.20. The highest BCUT2D eigenvalue weighted by molar-refractivity contribution is 9.10. The molecule has 3 heterocycles. The van der Waals surface area contributed by atoms with E-state index in [-0.39, 0.29) is 28.3 Å². The Morgan fingerprint density at radius 2 is 1.74 bits per heavy atom. The standard InChI is InChI=1S/C26H24BrFN4O3/c1-15-16(2)32(24(33)22(27)23(15)35-14-17-5-7-18(28)8-6-17)19-9-11-29-21(13-19)20-10-12-30-25(31-20)26(3,4)34/h5-13,34H,14H2,1-4H3. The summed E-state index contributed by atoms with van der Waals surface area (Å²) in [6.45, 7) is 7.13. The van der Waals surface area contributed by atoms with Gasteiger partial charge < -0.3 is 9.84 Å². The summed E-state index contributed by atoms with van der Waals surface area (Å²) in [5.74, 6) is 0.393. The molecule has 3 aromatic heterocycles. The predicted octanol–water partition coefficient (Wildman–Crippen LogP) is 5.01. The zero-order valence-electron chi connectivity index (χ0n) is 19.7. The molecule has 0 amide bonds. The molecule has 0 radical (unpaired) electrons. The van der Waals surface area contributed by atoms with Crippen molar-refractivity contribution >= 4 is 15.9 Å². The van der Waals surface area contributed by atoms with Crippen LogP contribution in [0.2, 0.25) is 0 Å². The molecule has 4 aromatic rings. The van der Waals surface area contributed by atoms with Crippen LogP contribution in [0, 0.1) is 19.7 Å². The number of aromatic nitrogens is 4. The summed E-state index contributed by atoms with van der Waals surface area (Å²) >= 11 is 3.41. The Balaban J connectivity index is 1.72. The smallest absolute Gasteiger partial charge is 0.273 e. The highest BCUT2D eigenvalue weighted by Gasteiger charge is 2.21. The van der Waals surface area contributed by atoms with Crippen LogP contribution in [0.15, 0.2) is 64.1 Å². The van der Waals surface area contributed by atoms with E-state index < -0.39 is 5.60 Å². The fourth-order valence-electron chi connectivity index (χ4n) is 3.56. The highest BCUT2D eigenvalue weighted by atomic mass is 79.9. The van der Waals surface area contributed by atoms with Gasteiger partial charge in [0.1, 0.15) is 28.2 Å². The minimum absolute atomic E-state index is 0.194. The summed E-state index contributed by atoms with van der Waals surface area (Å²) in [5.41, 5.74) is 2.44. The van der Waals surface area contributed by atoms with Crippen LogP contribution in [0.4, 0.5) is 4.39 Å². The third kappa shape index (κ3) is 5.16. The third-order valence-electron chi connectivity index (χ3n) is 5.57. The maximum atomic E-state index is 13.4. The number of ether oxygens (including phenoxy) is 1. The van der Waals surface area contributed by atoms with Crippen molar-refractivity contribution in [2.24, 2.45) is 0 Å². The van der Waals surface area contributed by atoms with Crippen molar-refractivity contribution < 1.29 is 14.2 Å². The van der Waals surface area contributed by atoms with Crippen LogP contribution in [0.5, 0.6) is 5.75 Å². The molecule has 0 bridgehead atoms. The van der Waals surface area contributed by atoms with Crippen molar-refractivity contribution in [1.82, 2.24) is 19.5 Å². The summed E-state index contributed by atoms with van der Waals surface area (Å²) in [5, 5.41) is 10.3. The molecule has 0 saturated carbocycles. The fourth-order valence-corrected chi connectivity index (χ4v) is 4.15. The lowest BCUT2D eigenvalue weighted by molar-refractivity contribution is 0.0688. The number of halogens is 2. The van der Waals surface area contributed by atoms with E-state index in [9.17, 15) is 14.3 Å². The molecular formula is C26H24BrFN4O3. The van der Waals surface area contributed by atoms with Crippen molar-refractivity contribution in [3.63, 3.8) is 0 Å². The van der Waals surface area contributed by atoms with Crippen molar-refractivity contribution in [3.8, 4) is 22.8 Å². The third-order valence-corrected chi connectivity index (χ3v) is 6.27. The summed E-state index contributed by atoms with van der Waals surface area (Å²) in [6, 6.07) is 11.2. The molecule has 0 saturated heterocycles. The van der Waals surface area contributed by atoms with Gasteiger partial charge in [-0.2, -0.15) is 0 Å². The number of benzene rings is 1. The second kappa shape index (κ2) is 9.67. The van der Waals surface area contributed by atoms with Crippen molar-refractivity contribution in [2.45, 2.75) is 39.9 Å². The number of nitrogens with zero attached hydrogens (tertiary/aromatic N) is 4. The molecule has 0 unspecified atom stereocenters. The molecule has 0 aliphatic carbocycles. The first kappa shape index (κ1) is 24.7. The summed E-state index contributed by atoms with van der Waals surface area (Å²) in [4.78, 5) is 26.3. The van der Waals surface area contributed by atoms with Gasteiger partial charge in [0.2, 0.25) is 0 Å². The maximum absolute atomic E-state index is 13.4. The molecule has 0 spiro atoms. The Morgan fingerprint density at radius 3 is 2.43 bits per heavy atom. The first-order chi connectivity index (χ1) is 16.6. The molecule has 35 heavy (non-hydrogen) atoms. The fraction of sp³-hybridized carbons (Fsp3) is 0.231. The Labute approximate surface area is 210 Å². The molecule has 1 N–H and O–H groups in total. The second-order valence-electron chi connectivity index (χ2n) is 8.63. The van der Waals surface area contributed by atoms with Gasteiger partial charge in [-0.3, -0.25) is 14.3 Å². The summed E-state index contributed by atoms with van der Waals surface area (Å²) < 4.78 is 21.0. The lowest BCUT2D eigenvalue weighted by atomic mass is 10.1. The van der Waals surface area contributed by atoms with Crippen LogP contribution in [0.25, 0.3) is 17.1 Å². The minimum Gasteiger partial charge on any atom is -0.487 e. The molecule has 0 aliphatic heterocycles. The van der Waals surface area contributed by atoms with Gasteiger partial charge in [-0.25, -0.2) is 14.4 Å². The summed E-state index contributed by atoms with van der Waals surface area (Å²) in [6.07, 6.45) is 3.17. The zero-order chi connectivity index (χ0) is 25.3. The Kier molecular flexibility index (Phi) is 6.82. The molecule has 4 rings (SSSR count). The Bertz CT molecular complexity index is 1450. The van der Waals surface area contributed by atoms with E-state index in [1.807, 2.05) is 13.8 Å². The average molecular weight is 539 g/mol. The van der Waals surface area contributed by atoms with Crippen LogP contribution in [0.3, 0.4) is 0 Å². The van der Waals surface area contributed by atoms with Gasteiger partial charge in [-0.1, -0.05) is 12.1 Å². The van der Waals surface area contributed by atoms with E-state index >= 15 is 0 Å². The van der Waals surface area contributed by atoms with Gasteiger partial charge >= 0.3 is 0 Å². The van der Waals surface area contributed by atoms with E-state index in [0.29, 0.717) is 28.5 Å². The van der Waals surface area contributed by atoms with Crippen LogP contribution >= 0.6 is 15.9 Å². The first-order valence-electron chi connectivity index (χ1n) is 10.9. The van der Waals surface area contributed by atoms with Crippen LogP contribution in [-0.2, 0) is 12.2 Å². The second-order valence-corrected chi connectivity index (χ2v) is 9.43. The number of pyridine rings is 2. The number of hydrogen-bond donors (Lipinski definition) is 1. The molecule has 180 valence electrons. The Morgan fingerprint density at radius 1 is 1.06 bits per heavy atom. The van der Waals surface area contributed by atoms with E-state index in [4.69, 9.17) is 4.74 Å². The van der Waals surface area contributed by atoms with Crippen molar-refractivity contribution in [3.05, 3.63) is 98.1 Å². The number of rotatable bonds is 6. The molecule has 7 nitrogen and oxygen atoms in total. The molecule has 0 aliphatic rings. The van der Waals surface area contributed by atoms with Gasteiger partial charge in [-0.15, -0.1) is 0 Å². The lowest BCUT2D eigenvalue weighted by Crippen LogP contribution is -2.24. The highest BCUT2D eigenvalue weighted by Crippen LogP contribution is 2.30. The average Bonchev–Trinajstić information content (AvgIpc) is 2.84. The maximum Gasteiger partial charge on any atom is 0.273 e. The van der Waals surface area contributed by atoms with E-state index in [0.717, 1.165) is 11.1 Å². The normalized spacial score (nSPS) is 11.5. The van der Waals surface area contributed by atoms with Gasteiger partial charge in [0, 0.05) is 23.7 Å². The lowest BCUT2D eigenvalue weighted by Gasteiger charge is -2.19. The van der Waals surface area contributed by atoms with Gasteiger partial charge in [0.05, 0.1) is 17.1 Å². The number of aliphatic hydroxyl groups is 1. The molecular weight excluding hydrogens is 515 g/mol.